The lowest BCUT2D eigenvalue weighted by atomic mass is 10.1. The van der Waals surface area contributed by atoms with Gasteiger partial charge in [0.2, 0.25) is 5.91 Å². The van der Waals surface area contributed by atoms with Crippen LogP contribution in [0.15, 0.2) is 0 Å². The lowest BCUT2D eigenvalue weighted by Crippen LogP contribution is -2.49. The van der Waals surface area contributed by atoms with Gasteiger partial charge >= 0.3 is 5.97 Å². The van der Waals surface area contributed by atoms with E-state index in [2.05, 4.69) is 5.32 Å². The van der Waals surface area contributed by atoms with Gasteiger partial charge in [0.25, 0.3) is 0 Å². The van der Waals surface area contributed by atoms with Crippen LogP contribution in [0.4, 0.5) is 0 Å². The van der Waals surface area contributed by atoms with Crippen LogP contribution in [0.2, 0.25) is 0 Å². The van der Waals surface area contributed by atoms with Crippen LogP contribution in [-0.4, -0.2) is 48.6 Å². The summed E-state index contributed by atoms with van der Waals surface area (Å²) in [6.45, 7) is 6.85. The first-order valence-corrected chi connectivity index (χ1v) is 6.25. The highest BCUT2D eigenvalue weighted by molar-refractivity contribution is 5.86. The number of nitrogens with one attached hydrogen (secondary N) is 1. The molecule has 1 fully saturated rings. The first kappa shape index (κ1) is 14.0. The molecular formula is C12H22N2O3. The normalized spacial score (nSPS) is 19.4. The Bertz CT molecular complexity index is 273. The molecule has 1 aliphatic rings. The molecule has 1 atom stereocenters. The van der Waals surface area contributed by atoms with Gasteiger partial charge in [-0.05, 0) is 40.2 Å². The second kappa shape index (κ2) is 6.59. The molecular weight excluding hydrogens is 220 g/mol. The van der Waals surface area contributed by atoms with Crippen molar-refractivity contribution < 1.29 is 14.3 Å². The minimum Gasteiger partial charge on any atom is -0.465 e. The zero-order valence-corrected chi connectivity index (χ0v) is 10.9. The molecule has 0 saturated carbocycles. The van der Waals surface area contributed by atoms with E-state index in [0.29, 0.717) is 6.61 Å². The zero-order chi connectivity index (χ0) is 12.8. The monoisotopic (exact) mass is 242 g/mol. The Morgan fingerprint density at radius 1 is 1.47 bits per heavy atom. The number of rotatable bonds is 5. The van der Waals surface area contributed by atoms with Crippen molar-refractivity contribution in [2.24, 2.45) is 0 Å². The van der Waals surface area contributed by atoms with E-state index in [1.165, 1.54) is 0 Å². The van der Waals surface area contributed by atoms with Gasteiger partial charge in [-0.15, -0.1) is 0 Å². The van der Waals surface area contributed by atoms with Crippen LogP contribution in [0.3, 0.4) is 0 Å². The third kappa shape index (κ3) is 4.00. The Morgan fingerprint density at radius 3 is 2.65 bits per heavy atom. The standard InChI is InChI=1S/C12H22N2O3/c1-4-17-11(15)8-14(9(2)3)12(16)10-6-5-7-13-10/h9-10,13H,4-8H2,1-3H3. The molecule has 1 rings (SSSR count). The smallest absolute Gasteiger partial charge is 0.325 e. The number of carbonyl (C=O) groups is 2. The van der Waals surface area contributed by atoms with E-state index in [9.17, 15) is 9.59 Å². The second-order valence-corrected chi connectivity index (χ2v) is 4.51. The molecule has 1 aliphatic heterocycles. The van der Waals surface area contributed by atoms with Gasteiger partial charge in [-0.3, -0.25) is 9.59 Å². The van der Waals surface area contributed by atoms with E-state index in [1.54, 1.807) is 11.8 Å². The summed E-state index contributed by atoms with van der Waals surface area (Å²) >= 11 is 0. The highest BCUT2D eigenvalue weighted by atomic mass is 16.5. The van der Waals surface area contributed by atoms with Gasteiger partial charge in [0.15, 0.2) is 0 Å². The van der Waals surface area contributed by atoms with Crippen molar-refractivity contribution in [2.75, 3.05) is 19.7 Å². The maximum Gasteiger partial charge on any atom is 0.325 e. The van der Waals surface area contributed by atoms with Crippen molar-refractivity contribution >= 4 is 11.9 Å². The molecule has 0 bridgehead atoms. The Morgan fingerprint density at radius 2 is 2.18 bits per heavy atom. The molecule has 1 unspecified atom stereocenters. The zero-order valence-electron chi connectivity index (χ0n) is 10.9. The lowest BCUT2D eigenvalue weighted by molar-refractivity contribution is -0.150. The van der Waals surface area contributed by atoms with E-state index in [0.717, 1.165) is 19.4 Å². The number of esters is 1. The Balaban J connectivity index is 2.58. The van der Waals surface area contributed by atoms with Crippen LogP contribution in [0.5, 0.6) is 0 Å². The van der Waals surface area contributed by atoms with Crippen molar-refractivity contribution in [1.29, 1.82) is 0 Å². The second-order valence-electron chi connectivity index (χ2n) is 4.51. The first-order chi connectivity index (χ1) is 8.06. The Kier molecular flexibility index (Phi) is 5.41. The van der Waals surface area contributed by atoms with E-state index >= 15 is 0 Å². The molecule has 5 heteroatoms. The van der Waals surface area contributed by atoms with E-state index in [1.807, 2.05) is 13.8 Å². The average Bonchev–Trinajstić information content (AvgIpc) is 2.78. The predicted octanol–water partition coefficient (Wildman–Crippen LogP) is 0.539. The van der Waals surface area contributed by atoms with E-state index < -0.39 is 0 Å². The van der Waals surface area contributed by atoms with Crippen LogP contribution in [0.25, 0.3) is 0 Å². The molecule has 17 heavy (non-hydrogen) atoms. The lowest BCUT2D eigenvalue weighted by Gasteiger charge is -2.28. The van der Waals surface area contributed by atoms with Gasteiger partial charge in [-0.25, -0.2) is 0 Å². The van der Waals surface area contributed by atoms with Gasteiger partial charge in [-0.2, -0.15) is 0 Å². The van der Waals surface area contributed by atoms with Gasteiger partial charge in [0.05, 0.1) is 12.6 Å². The summed E-state index contributed by atoms with van der Waals surface area (Å²) in [4.78, 5) is 25.2. The highest BCUT2D eigenvalue weighted by Gasteiger charge is 2.29. The summed E-state index contributed by atoms with van der Waals surface area (Å²) in [6, 6.07) is -0.124. The fraction of sp³-hybridized carbons (Fsp3) is 0.833. The summed E-state index contributed by atoms with van der Waals surface area (Å²) in [5.41, 5.74) is 0. The van der Waals surface area contributed by atoms with Crippen molar-refractivity contribution in [3.8, 4) is 0 Å². The number of hydrogen-bond donors (Lipinski definition) is 1. The molecule has 98 valence electrons. The first-order valence-electron chi connectivity index (χ1n) is 6.25. The van der Waals surface area contributed by atoms with Crippen molar-refractivity contribution in [3.63, 3.8) is 0 Å². The molecule has 1 N–H and O–H groups in total. The predicted molar refractivity (Wildman–Crippen MR) is 64.5 cm³/mol. The molecule has 1 saturated heterocycles. The Hall–Kier alpha value is -1.10. The molecule has 0 spiro atoms. The van der Waals surface area contributed by atoms with Crippen LogP contribution >= 0.6 is 0 Å². The van der Waals surface area contributed by atoms with Gasteiger partial charge in [0, 0.05) is 6.04 Å². The highest BCUT2D eigenvalue weighted by Crippen LogP contribution is 2.11. The quantitative estimate of drug-likeness (QED) is 0.715. The number of ether oxygens (including phenoxy) is 1. The summed E-state index contributed by atoms with van der Waals surface area (Å²) in [7, 11) is 0. The largest absolute Gasteiger partial charge is 0.465 e. The SMILES string of the molecule is CCOC(=O)CN(C(=O)C1CCCN1)C(C)C. The third-order valence-electron chi connectivity index (χ3n) is 2.87. The maximum atomic E-state index is 12.2. The van der Waals surface area contributed by atoms with E-state index in [4.69, 9.17) is 4.74 Å². The van der Waals surface area contributed by atoms with E-state index in [-0.39, 0.29) is 30.5 Å². The van der Waals surface area contributed by atoms with Crippen molar-refractivity contribution in [3.05, 3.63) is 0 Å². The average molecular weight is 242 g/mol. The molecule has 0 aromatic carbocycles. The fourth-order valence-electron chi connectivity index (χ4n) is 1.96. The molecule has 0 aromatic heterocycles. The summed E-state index contributed by atoms with van der Waals surface area (Å²) in [5, 5.41) is 3.15. The number of hydrogen-bond acceptors (Lipinski definition) is 4. The molecule has 0 aliphatic carbocycles. The van der Waals surface area contributed by atoms with Gasteiger partial charge in [-0.1, -0.05) is 0 Å². The van der Waals surface area contributed by atoms with Crippen molar-refractivity contribution in [1.82, 2.24) is 10.2 Å². The molecule has 1 heterocycles. The fourth-order valence-corrected chi connectivity index (χ4v) is 1.96. The summed E-state index contributed by atoms with van der Waals surface area (Å²) < 4.78 is 4.88. The topological polar surface area (TPSA) is 58.6 Å². The third-order valence-corrected chi connectivity index (χ3v) is 2.87. The maximum absolute atomic E-state index is 12.2. The van der Waals surface area contributed by atoms with Crippen LogP contribution in [0, 0.1) is 0 Å². The number of carbonyl (C=O) groups excluding carboxylic acids is 2. The molecule has 0 radical (unpaired) electrons. The molecule has 0 aromatic rings. The van der Waals surface area contributed by atoms with Crippen LogP contribution in [-0.2, 0) is 14.3 Å². The summed E-state index contributed by atoms with van der Waals surface area (Å²) in [5.74, 6) is -0.335. The Labute approximate surface area is 102 Å². The number of nitrogens with zero attached hydrogens (tertiary/aromatic N) is 1. The van der Waals surface area contributed by atoms with Crippen LogP contribution < -0.4 is 5.32 Å². The van der Waals surface area contributed by atoms with Gasteiger partial charge in [0.1, 0.15) is 6.54 Å². The minimum atomic E-state index is -0.340. The molecule has 1 amide bonds. The summed E-state index contributed by atoms with van der Waals surface area (Å²) in [6.07, 6.45) is 1.87. The minimum absolute atomic E-state index is 0.00514. The van der Waals surface area contributed by atoms with Crippen LogP contribution in [0.1, 0.15) is 33.6 Å². The number of amides is 1. The van der Waals surface area contributed by atoms with Crippen molar-refractivity contribution in [2.45, 2.75) is 45.7 Å². The molecule has 5 nitrogen and oxygen atoms in total. The van der Waals surface area contributed by atoms with Gasteiger partial charge < -0.3 is 15.0 Å².